The Morgan fingerprint density at radius 3 is 2.50 bits per heavy atom. The first-order valence-electron chi connectivity index (χ1n) is 6.47. The second kappa shape index (κ2) is 5.91. The smallest absolute Gasteiger partial charge is 0.122 e. The van der Waals surface area contributed by atoms with Gasteiger partial charge in [0.2, 0.25) is 0 Å². The lowest BCUT2D eigenvalue weighted by molar-refractivity contribution is 0.282. The SMILES string of the molecule is Cc1cc(C)c(C)c(OCCCC(C)(C)C#N)c1. The molecule has 0 bridgehead atoms. The number of nitrogens with zero attached hydrogens (tertiary/aromatic N) is 1. The molecule has 0 fully saturated rings. The summed E-state index contributed by atoms with van der Waals surface area (Å²) in [6.45, 7) is 10.9. The highest BCUT2D eigenvalue weighted by atomic mass is 16.5. The van der Waals surface area contributed by atoms with Gasteiger partial charge in [-0.2, -0.15) is 5.26 Å². The Labute approximate surface area is 111 Å². The van der Waals surface area contributed by atoms with Crippen LogP contribution in [0.5, 0.6) is 5.75 Å². The highest BCUT2D eigenvalue weighted by molar-refractivity contribution is 5.41. The average molecular weight is 245 g/mol. The third-order valence-corrected chi connectivity index (χ3v) is 3.27. The number of hydrogen-bond donors (Lipinski definition) is 0. The van der Waals surface area contributed by atoms with Crippen molar-refractivity contribution < 1.29 is 4.74 Å². The van der Waals surface area contributed by atoms with Gasteiger partial charge in [0.05, 0.1) is 18.1 Å². The van der Waals surface area contributed by atoms with E-state index in [1.165, 1.54) is 16.7 Å². The zero-order valence-electron chi connectivity index (χ0n) is 12.1. The summed E-state index contributed by atoms with van der Waals surface area (Å²) in [6, 6.07) is 6.56. The third-order valence-electron chi connectivity index (χ3n) is 3.27. The van der Waals surface area contributed by atoms with Gasteiger partial charge < -0.3 is 4.74 Å². The number of benzene rings is 1. The molecule has 0 spiro atoms. The van der Waals surface area contributed by atoms with Crippen molar-refractivity contribution in [3.05, 3.63) is 28.8 Å². The minimum atomic E-state index is -0.249. The summed E-state index contributed by atoms with van der Waals surface area (Å²) >= 11 is 0. The Bertz CT molecular complexity index is 455. The first kappa shape index (κ1) is 14.6. The van der Waals surface area contributed by atoms with Crippen molar-refractivity contribution in [3.8, 4) is 11.8 Å². The van der Waals surface area contributed by atoms with Gasteiger partial charge in [-0.05, 0) is 70.2 Å². The normalized spacial score (nSPS) is 11.1. The molecule has 0 N–H and O–H groups in total. The van der Waals surface area contributed by atoms with Crippen LogP contribution in [0.2, 0.25) is 0 Å². The second-order valence-corrected chi connectivity index (χ2v) is 5.65. The highest BCUT2D eigenvalue weighted by Gasteiger charge is 2.15. The topological polar surface area (TPSA) is 33.0 Å². The van der Waals surface area contributed by atoms with E-state index in [0.29, 0.717) is 6.61 Å². The Morgan fingerprint density at radius 1 is 1.22 bits per heavy atom. The van der Waals surface area contributed by atoms with Crippen molar-refractivity contribution in [2.24, 2.45) is 5.41 Å². The van der Waals surface area contributed by atoms with E-state index in [9.17, 15) is 0 Å². The molecule has 0 unspecified atom stereocenters. The minimum Gasteiger partial charge on any atom is -0.493 e. The highest BCUT2D eigenvalue weighted by Crippen LogP contribution is 2.25. The summed E-state index contributed by atoms with van der Waals surface area (Å²) in [4.78, 5) is 0. The standard InChI is InChI=1S/C16H23NO/c1-12-9-13(2)14(3)15(10-12)18-8-6-7-16(4,5)11-17/h9-10H,6-8H2,1-5H3. The van der Waals surface area contributed by atoms with Crippen LogP contribution in [0.25, 0.3) is 0 Å². The maximum atomic E-state index is 8.94. The summed E-state index contributed by atoms with van der Waals surface area (Å²) < 4.78 is 5.83. The van der Waals surface area contributed by atoms with Gasteiger partial charge in [0, 0.05) is 0 Å². The number of aryl methyl sites for hydroxylation is 2. The quantitative estimate of drug-likeness (QED) is 0.724. The Balaban J connectivity index is 2.53. The Kier molecular flexibility index (Phi) is 4.78. The van der Waals surface area contributed by atoms with Crippen LogP contribution in [0, 0.1) is 37.5 Å². The number of ether oxygens (including phenoxy) is 1. The summed E-state index contributed by atoms with van der Waals surface area (Å²) in [5, 5.41) is 8.94. The van der Waals surface area contributed by atoms with Crippen molar-refractivity contribution in [2.75, 3.05) is 6.61 Å². The largest absolute Gasteiger partial charge is 0.493 e. The van der Waals surface area contributed by atoms with Gasteiger partial charge in [-0.25, -0.2) is 0 Å². The van der Waals surface area contributed by atoms with Crippen LogP contribution in [0.1, 0.15) is 43.4 Å². The molecule has 0 atom stereocenters. The molecule has 1 rings (SSSR count). The van der Waals surface area contributed by atoms with Crippen LogP contribution in [0.3, 0.4) is 0 Å². The van der Waals surface area contributed by atoms with Crippen LogP contribution in [0.15, 0.2) is 12.1 Å². The molecular formula is C16H23NO. The summed E-state index contributed by atoms with van der Waals surface area (Å²) in [7, 11) is 0. The molecule has 2 nitrogen and oxygen atoms in total. The van der Waals surface area contributed by atoms with E-state index in [4.69, 9.17) is 10.00 Å². The second-order valence-electron chi connectivity index (χ2n) is 5.65. The van der Waals surface area contributed by atoms with Crippen molar-refractivity contribution in [3.63, 3.8) is 0 Å². The Hall–Kier alpha value is -1.49. The summed E-state index contributed by atoms with van der Waals surface area (Å²) in [6.07, 6.45) is 1.78. The third kappa shape index (κ3) is 4.07. The number of nitriles is 1. The molecule has 1 aromatic rings. The van der Waals surface area contributed by atoms with E-state index < -0.39 is 0 Å². The molecule has 0 saturated heterocycles. The fourth-order valence-corrected chi connectivity index (χ4v) is 1.90. The predicted molar refractivity (Wildman–Crippen MR) is 74.8 cm³/mol. The van der Waals surface area contributed by atoms with Gasteiger partial charge in [-0.3, -0.25) is 0 Å². The molecule has 2 heteroatoms. The van der Waals surface area contributed by atoms with E-state index in [-0.39, 0.29) is 5.41 Å². The van der Waals surface area contributed by atoms with Crippen molar-refractivity contribution in [2.45, 2.75) is 47.5 Å². The molecular weight excluding hydrogens is 222 g/mol. The van der Waals surface area contributed by atoms with Gasteiger partial charge in [-0.1, -0.05) is 6.07 Å². The van der Waals surface area contributed by atoms with Crippen LogP contribution in [-0.2, 0) is 0 Å². The first-order chi connectivity index (χ1) is 8.35. The van der Waals surface area contributed by atoms with Gasteiger partial charge >= 0.3 is 0 Å². The van der Waals surface area contributed by atoms with Gasteiger partial charge in [-0.15, -0.1) is 0 Å². The molecule has 0 saturated carbocycles. The zero-order chi connectivity index (χ0) is 13.8. The maximum absolute atomic E-state index is 8.94. The molecule has 0 aliphatic heterocycles. The lowest BCUT2D eigenvalue weighted by Crippen LogP contribution is -2.10. The molecule has 0 radical (unpaired) electrons. The zero-order valence-corrected chi connectivity index (χ0v) is 12.1. The molecule has 0 aliphatic rings. The maximum Gasteiger partial charge on any atom is 0.122 e. The molecule has 1 aromatic carbocycles. The van der Waals surface area contributed by atoms with Crippen LogP contribution in [-0.4, -0.2) is 6.61 Å². The van der Waals surface area contributed by atoms with Crippen molar-refractivity contribution in [1.29, 1.82) is 5.26 Å². The summed E-state index contributed by atoms with van der Waals surface area (Å²) in [5.41, 5.74) is 3.45. The monoisotopic (exact) mass is 245 g/mol. The van der Waals surface area contributed by atoms with E-state index in [2.05, 4.69) is 39.0 Å². The molecule has 0 aliphatic carbocycles. The van der Waals surface area contributed by atoms with Crippen molar-refractivity contribution >= 4 is 0 Å². The average Bonchev–Trinajstić information content (AvgIpc) is 2.30. The van der Waals surface area contributed by atoms with E-state index in [0.717, 1.165) is 18.6 Å². The minimum absolute atomic E-state index is 0.249. The van der Waals surface area contributed by atoms with Gasteiger partial charge in [0.1, 0.15) is 5.75 Å². The number of hydrogen-bond acceptors (Lipinski definition) is 2. The molecule has 0 amide bonds. The van der Waals surface area contributed by atoms with Gasteiger partial charge in [0.25, 0.3) is 0 Å². The fourth-order valence-electron chi connectivity index (χ4n) is 1.90. The lowest BCUT2D eigenvalue weighted by Gasteiger charge is -2.16. The summed E-state index contributed by atoms with van der Waals surface area (Å²) in [5.74, 6) is 0.974. The predicted octanol–water partition coefficient (Wildman–Crippen LogP) is 4.32. The van der Waals surface area contributed by atoms with Gasteiger partial charge in [0.15, 0.2) is 0 Å². The Morgan fingerprint density at radius 2 is 1.89 bits per heavy atom. The molecule has 0 heterocycles. The lowest BCUT2D eigenvalue weighted by atomic mass is 9.90. The molecule has 18 heavy (non-hydrogen) atoms. The van der Waals surface area contributed by atoms with E-state index in [1.54, 1.807) is 0 Å². The molecule has 98 valence electrons. The van der Waals surface area contributed by atoms with Crippen molar-refractivity contribution in [1.82, 2.24) is 0 Å². The van der Waals surface area contributed by atoms with Crippen LogP contribution in [0.4, 0.5) is 0 Å². The van der Waals surface area contributed by atoms with E-state index >= 15 is 0 Å². The fraction of sp³-hybridized carbons (Fsp3) is 0.562. The van der Waals surface area contributed by atoms with Crippen LogP contribution >= 0.6 is 0 Å². The number of rotatable bonds is 5. The first-order valence-corrected chi connectivity index (χ1v) is 6.47. The van der Waals surface area contributed by atoms with Crippen LogP contribution < -0.4 is 4.74 Å². The molecule has 0 aromatic heterocycles. The van der Waals surface area contributed by atoms with E-state index in [1.807, 2.05) is 13.8 Å².